The molecule has 0 saturated carbocycles. The van der Waals surface area contributed by atoms with E-state index in [0.29, 0.717) is 13.0 Å². The fourth-order valence-electron chi connectivity index (χ4n) is 6.10. The number of carbonyl (C=O) groups excluding carboxylic acids is 1. The molecule has 5 nitrogen and oxygen atoms in total. The van der Waals surface area contributed by atoms with Crippen LogP contribution in [-0.2, 0) is 16.1 Å². The van der Waals surface area contributed by atoms with Gasteiger partial charge < -0.3 is 23.9 Å². The van der Waals surface area contributed by atoms with E-state index < -0.39 is 0 Å². The largest absolute Gasteiger partial charge is 0.494 e. The molecule has 0 aliphatic rings. The fraction of sp³-hybridized carbons (Fsp3) is 0.700. The predicted molar refractivity (Wildman–Crippen MR) is 241 cm³/mol. The highest BCUT2D eigenvalue weighted by atomic mass is 16.5. The van der Waals surface area contributed by atoms with Crippen molar-refractivity contribution in [3.63, 3.8) is 0 Å². The molecule has 0 N–H and O–H groups in total. The van der Waals surface area contributed by atoms with E-state index in [4.69, 9.17) is 14.2 Å². The van der Waals surface area contributed by atoms with Gasteiger partial charge in [0.25, 0.3) is 0 Å². The van der Waals surface area contributed by atoms with Crippen LogP contribution in [0.15, 0.2) is 66.8 Å². The lowest BCUT2D eigenvalue weighted by molar-refractivity contribution is -0.107. The monoisotopic (exact) mass is 766 g/mol. The topological polar surface area (TPSA) is 48.0 Å². The van der Waals surface area contributed by atoms with Crippen LogP contribution in [0.25, 0.3) is 0 Å². The van der Waals surface area contributed by atoms with Gasteiger partial charge in [0.2, 0.25) is 0 Å². The molecule has 0 saturated heterocycles. The number of nitrogens with zero attached hydrogens (tertiary/aromatic N) is 1. The summed E-state index contributed by atoms with van der Waals surface area (Å²) in [5.41, 5.74) is 1.07. The van der Waals surface area contributed by atoms with Gasteiger partial charge in [-0.25, -0.2) is 0 Å². The van der Waals surface area contributed by atoms with Gasteiger partial charge in [0.15, 0.2) is 0 Å². The Morgan fingerprint density at radius 1 is 0.527 bits per heavy atom. The summed E-state index contributed by atoms with van der Waals surface area (Å²) in [6.45, 7) is 7.61. The number of aldehydes is 1. The van der Waals surface area contributed by atoms with Crippen LogP contribution < -0.4 is 9.47 Å². The number of hydrogen-bond acceptors (Lipinski definition) is 5. The predicted octanol–water partition coefficient (Wildman–Crippen LogP) is 14.7. The Morgan fingerprint density at radius 3 is 1.44 bits per heavy atom. The van der Waals surface area contributed by atoms with E-state index in [0.717, 1.165) is 75.2 Å². The maximum Gasteiger partial charge on any atom is 0.125 e. The summed E-state index contributed by atoms with van der Waals surface area (Å²) >= 11 is 0. The third kappa shape index (κ3) is 39.4. The zero-order valence-corrected chi connectivity index (χ0v) is 36.7. The minimum atomic E-state index is 0.543. The highest BCUT2D eigenvalue weighted by Gasteiger charge is 2.07. The normalized spacial score (nSPS) is 11.7. The lowest BCUT2D eigenvalue weighted by Crippen LogP contribution is -2.12. The molecule has 1 aromatic rings. The van der Waals surface area contributed by atoms with Gasteiger partial charge >= 0.3 is 0 Å². The van der Waals surface area contributed by atoms with Crippen molar-refractivity contribution in [3.8, 4) is 11.5 Å². The van der Waals surface area contributed by atoms with Gasteiger partial charge in [-0.15, -0.1) is 0 Å². The summed E-state index contributed by atoms with van der Waals surface area (Å²) in [5.74, 6) is 1.84. The molecular formula is C50H87NO4. The Bertz CT molecular complexity index is 1060. The van der Waals surface area contributed by atoms with Gasteiger partial charge in [0, 0.05) is 19.1 Å². The molecule has 0 aliphatic heterocycles. The molecule has 5 heteroatoms. The summed E-state index contributed by atoms with van der Waals surface area (Å²) in [6.07, 6.45) is 51.5. The number of methoxy groups -OCH3 is 1. The van der Waals surface area contributed by atoms with Crippen molar-refractivity contribution in [2.75, 3.05) is 41.0 Å². The first-order chi connectivity index (χ1) is 27.1. The average molecular weight is 766 g/mol. The molecule has 0 unspecified atom stereocenters. The summed E-state index contributed by atoms with van der Waals surface area (Å²) < 4.78 is 17.7. The van der Waals surface area contributed by atoms with E-state index in [9.17, 15) is 4.79 Å². The summed E-state index contributed by atoms with van der Waals surface area (Å²) in [7, 11) is 5.75. The van der Waals surface area contributed by atoms with Gasteiger partial charge in [0.05, 0.1) is 19.8 Å². The fourth-order valence-corrected chi connectivity index (χ4v) is 6.10. The summed E-state index contributed by atoms with van der Waals surface area (Å²) in [5, 5.41) is 0. The van der Waals surface area contributed by atoms with E-state index in [1.807, 2.05) is 20.2 Å². The Morgan fingerprint density at radius 2 is 0.982 bits per heavy atom. The molecule has 0 atom stereocenters. The third-order valence-electron chi connectivity index (χ3n) is 9.48. The van der Waals surface area contributed by atoms with Crippen molar-refractivity contribution < 1.29 is 19.0 Å². The maximum atomic E-state index is 9.77. The molecule has 0 amide bonds. The van der Waals surface area contributed by atoms with Crippen molar-refractivity contribution in [2.24, 2.45) is 0 Å². The molecular weight excluding hydrogens is 679 g/mol. The van der Waals surface area contributed by atoms with E-state index in [1.54, 1.807) is 7.11 Å². The first-order valence-electron chi connectivity index (χ1n) is 22.6. The van der Waals surface area contributed by atoms with Crippen LogP contribution in [0, 0.1) is 0 Å². The van der Waals surface area contributed by atoms with Gasteiger partial charge in [-0.1, -0.05) is 140 Å². The summed E-state index contributed by atoms with van der Waals surface area (Å²) in [4.78, 5) is 11.8. The zero-order valence-electron chi connectivity index (χ0n) is 36.7. The van der Waals surface area contributed by atoms with Crippen molar-refractivity contribution >= 4 is 6.29 Å². The zero-order chi connectivity index (χ0) is 40.1. The highest BCUT2D eigenvalue weighted by molar-refractivity contribution is 5.49. The van der Waals surface area contributed by atoms with Gasteiger partial charge in [-0.3, -0.25) is 0 Å². The number of allylic oxidation sites excluding steroid dienone is 8. The van der Waals surface area contributed by atoms with Crippen LogP contribution in [0.2, 0.25) is 0 Å². The Balaban J connectivity index is 0.00000325. The Hall–Kier alpha value is -2.63. The van der Waals surface area contributed by atoms with E-state index >= 15 is 0 Å². The number of rotatable bonds is 38. The molecule has 0 aromatic heterocycles. The van der Waals surface area contributed by atoms with Gasteiger partial charge in [0.1, 0.15) is 17.8 Å². The molecule has 55 heavy (non-hydrogen) atoms. The molecule has 0 heterocycles. The molecule has 0 spiro atoms. The second-order valence-electron chi connectivity index (χ2n) is 15.2. The van der Waals surface area contributed by atoms with Crippen LogP contribution in [0.5, 0.6) is 11.5 Å². The van der Waals surface area contributed by atoms with Crippen molar-refractivity contribution in [2.45, 2.75) is 187 Å². The molecule has 0 aliphatic carbocycles. The Kier molecular flexibility index (Phi) is 42.0. The smallest absolute Gasteiger partial charge is 0.125 e. The lowest BCUT2D eigenvalue weighted by atomic mass is 10.1. The molecule has 0 radical (unpaired) electrons. The number of ether oxygens (including phenoxy) is 3. The lowest BCUT2D eigenvalue weighted by Gasteiger charge is -2.14. The van der Waals surface area contributed by atoms with Crippen LogP contribution >= 0.6 is 0 Å². The number of benzene rings is 1. The van der Waals surface area contributed by atoms with Crippen LogP contribution in [-0.4, -0.2) is 52.1 Å². The molecule has 1 aromatic carbocycles. The van der Waals surface area contributed by atoms with Crippen molar-refractivity contribution in [1.82, 2.24) is 4.90 Å². The third-order valence-corrected chi connectivity index (χ3v) is 9.48. The van der Waals surface area contributed by atoms with Crippen LogP contribution in [0.4, 0.5) is 0 Å². The summed E-state index contributed by atoms with van der Waals surface area (Å²) in [6, 6.07) is 6.19. The van der Waals surface area contributed by atoms with Crippen molar-refractivity contribution in [3.05, 3.63) is 72.4 Å². The number of unbranched alkanes of at least 4 members (excludes halogenated alkanes) is 19. The number of carbonyl (C=O) groups is 1. The molecule has 1 rings (SSSR count). The van der Waals surface area contributed by atoms with Crippen LogP contribution in [0.1, 0.15) is 186 Å². The van der Waals surface area contributed by atoms with Gasteiger partial charge in [-0.2, -0.15) is 0 Å². The van der Waals surface area contributed by atoms with Crippen molar-refractivity contribution in [1.29, 1.82) is 0 Å². The van der Waals surface area contributed by atoms with E-state index in [2.05, 4.69) is 79.5 Å². The minimum absolute atomic E-state index is 0.543. The van der Waals surface area contributed by atoms with Crippen LogP contribution in [0.3, 0.4) is 0 Å². The average Bonchev–Trinajstić information content (AvgIpc) is 3.18. The molecule has 316 valence electrons. The molecule has 0 fully saturated rings. The second-order valence-corrected chi connectivity index (χ2v) is 15.2. The van der Waals surface area contributed by atoms with E-state index in [-0.39, 0.29) is 0 Å². The van der Waals surface area contributed by atoms with Gasteiger partial charge in [-0.05, 0) is 122 Å². The maximum absolute atomic E-state index is 9.77. The number of hydrogen-bond donors (Lipinski definition) is 0. The first-order valence-corrected chi connectivity index (χ1v) is 22.6. The second kappa shape index (κ2) is 44.1. The molecule has 0 bridgehead atoms. The SMILES string of the molecule is CCCCC/C=C\C/C=C\CCCCCCCCOc1ccc(OCCCCCCCC/C=C\C/C=C\CCCCC)c(COC)c1.CN(C)CCCC=O. The Labute approximate surface area is 341 Å². The minimum Gasteiger partial charge on any atom is -0.494 e. The van der Waals surface area contributed by atoms with E-state index in [1.165, 1.54) is 128 Å². The quantitative estimate of drug-likeness (QED) is 0.0381. The first kappa shape index (κ1) is 52.4. The standard InChI is InChI=1S/C44H74O3.C6H13NO/c1-4-6-8-10-12-14-16-18-20-22-24-26-28-30-32-34-38-46-43-36-37-44(42(40-43)41-45-3)47-39-35-33-31-29-27-25-23-21-19-17-15-13-11-9-7-5-2;1-7(2)5-3-4-6-8/h12-15,18-21,36-37,40H,4-11,16-17,22-35,38-39,41H2,1-3H3;6H,3-5H2,1-2H3/b14-12-,15-13-,20-18-,21-19-;. The highest BCUT2D eigenvalue weighted by Crippen LogP contribution is 2.26.